The Labute approximate surface area is 110 Å². The van der Waals surface area contributed by atoms with E-state index in [9.17, 15) is 4.79 Å². The van der Waals surface area contributed by atoms with Crippen LogP contribution in [0, 0.1) is 23.2 Å². The standard InChI is InChI=1S/C14H24O2S/c1-10-5-11-7-12(6-10)9-14(2,8-11)13(15)16-3-4-17/h10-12,17H,3-9H2,1-2H3. The number of rotatable bonds is 3. The average molecular weight is 256 g/mol. The van der Waals surface area contributed by atoms with Gasteiger partial charge < -0.3 is 4.74 Å². The van der Waals surface area contributed by atoms with Crippen molar-refractivity contribution in [2.45, 2.75) is 46.0 Å². The lowest BCUT2D eigenvalue weighted by molar-refractivity contribution is -0.159. The molecule has 0 saturated heterocycles. The van der Waals surface area contributed by atoms with E-state index in [1.807, 2.05) is 0 Å². The number of hydrogen-bond donors (Lipinski definition) is 1. The number of ether oxygens (including phenoxy) is 1. The normalized spacial score (nSPS) is 41.0. The lowest BCUT2D eigenvalue weighted by atomic mass is 9.59. The second kappa shape index (κ2) is 5.21. The zero-order valence-corrected chi connectivity index (χ0v) is 11.8. The van der Waals surface area contributed by atoms with E-state index in [-0.39, 0.29) is 11.4 Å². The average Bonchev–Trinajstić information content (AvgIpc) is 2.23. The zero-order chi connectivity index (χ0) is 12.5. The molecule has 17 heavy (non-hydrogen) atoms. The SMILES string of the molecule is CC1CC2CC(C1)CC(C)(C(=O)OCCS)C2. The van der Waals surface area contributed by atoms with E-state index in [4.69, 9.17) is 4.74 Å². The summed E-state index contributed by atoms with van der Waals surface area (Å²) in [5, 5.41) is 0. The third-order valence-electron chi connectivity index (χ3n) is 4.43. The van der Waals surface area contributed by atoms with Crippen molar-refractivity contribution >= 4 is 18.6 Å². The molecular formula is C14H24O2S. The van der Waals surface area contributed by atoms with E-state index in [0.717, 1.165) is 30.6 Å². The molecular weight excluding hydrogens is 232 g/mol. The molecule has 0 radical (unpaired) electrons. The van der Waals surface area contributed by atoms with Crippen LogP contribution in [0.1, 0.15) is 46.0 Å². The fourth-order valence-electron chi connectivity index (χ4n) is 4.07. The van der Waals surface area contributed by atoms with Gasteiger partial charge in [0.15, 0.2) is 0 Å². The quantitative estimate of drug-likeness (QED) is 0.619. The lowest BCUT2D eigenvalue weighted by Crippen LogP contribution is -2.41. The van der Waals surface area contributed by atoms with Gasteiger partial charge >= 0.3 is 5.97 Å². The second-order valence-electron chi connectivity index (χ2n) is 6.37. The maximum Gasteiger partial charge on any atom is 0.311 e. The predicted molar refractivity (Wildman–Crippen MR) is 72.1 cm³/mol. The molecule has 2 bridgehead atoms. The molecule has 0 spiro atoms. The van der Waals surface area contributed by atoms with Crippen molar-refractivity contribution < 1.29 is 9.53 Å². The summed E-state index contributed by atoms with van der Waals surface area (Å²) in [7, 11) is 0. The summed E-state index contributed by atoms with van der Waals surface area (Å²) in [4.78, 5) is 12.1. The second-order valence-corrected chi connectivity index (χ2v) is 6.82. The fourth-order valence-corrected chi connectivity index (χ4v) is 4.16. The Kier molecular flexibility index (Phi) is 4.06. The number of fused-ring (bicyclic) bond motifs is 2. The molecule has 0 aromatic rings. The number of hydrogen-bond acceptors (Lipinski definition) is 3. The summed E-state index contributed by atoms with van der Waals surface area (Å²) in [5.41, 5.74) is -0.226. The van der Waals surface area contributed by atoms with E-state index in [1.165, 1.54) is 19.3 Å². The van der Waals surface area contributed by atoms with Gasteiger partial charge in [-0.15, -0.1) is 0 Å². The van der Waals surface area contributed by atoms with Gasteiger partial charge in [0.25, 0.3) is 0 Å². The molecule has 2 unspecified atom stereocenters. The van der Waals surface area contributed by atoms with Crippen molar-refractivity contribution in [1.29, 1.82) is 0 Å². The van der Waals surface area contributed by atoms with Crippen molar-refractivity contribution in [3.05, 3.63) is 0 Å². The molecule has 0 heterocycles. The first-order valence-electron chi connectivity index (χ1n) is 6.81. The maximum absolute atomic E-state index is 12.1. The van der Waals surface area contributed by atoms with Crippen molar-refractivity contribution in [2.75, 3.05) is 12.4 Å². The highest BCUT2D eigenvalue weighted by Gasteiger charge is 2.45. The van der Waals surface area contributed by atoms with Crippen LogP contribution in [0.25, 0.3) is 0 Å². The van der Waals surface area contributed by atoms with Crippen LogP contribution in [0.5, 0.6) is 0 Å². The van der Waals surface area contributed by atoms with Gasteiger partial charge in [-0.2, -0.15) is 12.6 Å². The van der Waals surface area contributed by atoms with Gasteiger partial charge in [0, 0.05) is 5.75 Å². The van der Waals surface area contributed by atoms with E-state index in [2.05, 4.69) is 26.5 Å². The third-order valence-corrected chi connectivity index (χ3v) is 4.62. The molecule has 2 aliphatic carbocycles. The van der Waals surface area contributed by atoms with Crippen molar-refractivity contribution in [3.63, 3.8) is 0 Å². The third kappa shape index (κ3) is 2.98. The Morgan fingerprint density at radius 1 is 1.29 bits per heavy atom. The topological polar surface area (TPSA) is 26.3 Å². The lowest BCUT2D eigenvalue weighted by Gasteiger charge is -2.45. The highest BCUT2D eigenvalue weighted by Crippen LogP contribution is 2.50. The highest BCUT2D eigenvalue weighted by atomic mass is 32.1. The largest absolute Gasteiger partial charge is 0.464 e. The maximum atomic E-state index is 12.1. The zero-order valence-electron chi connectivity index (χ0n) is 10.9. The first-order valence-corrected chi connectivity index (χ1v) is 7.45. The highest BCUT2D eigenvalue weighted by molar-refractivity contribution is 7.80. The van der Waals surface area contributed by atoms with Crippen molar-refractivity contribution in [1.82, 2.24) is 0 Å². The van der Waals surface area contributed by atoms with Crippen molar-refractivity contribution in [2.24, 2.45) is 23.2 Å². The molecule has 0 N–H and O–H groups in total. The van der Waals surface area contributed by atoms with E-state index in [0.29, 0.717) is 12.4 Å². The van der Waals surface area contributed by atoms with Gasteiger partial charge in [0.05, 0.1) is 5.41 Å². The van der Waals surface area contributed by atoms with Crippen LogP contribution in [0.2, 0.25) is 0 Å². The summed E-state index contributed by atoms with van der Waals surface area (Å²) in [6, 6.07) is 0. The monoisotopic (exact) mass is 256 g/mol. The summed E-state index contributed by atoms with van der Waals surface area (Å²) >= 11 is 4.09. The number of carbonyl (C=O) groups is 1. The minimum absolute atomic E-state index is 0.0100. The minimum Gasteiger partial charge on any atom is -0.464 e. The first-order chi connectivity index (χ1) is 8.03. The molecule has 0 aromatic heterocycles. The predicted octanol–water partition coefficient (Wildman–Crippen LogP) is 3.31. The van der Waals surface area contributed by atoms with Crippen LogP contribution in [-0.4, -0.2) is 18.3 Å². The molecule has 0 amide bonds. The molecule has 0 aromatic carbocycles. The van der Waals surface area contributed by atoms with Gasteiger partial charge in [-0.1, -0.05) is 6.92 Å². The van der Waals surface area contributed by atoms with E-state index < -0.39 is 0 Å². The summed E-state index contributed by atoms with van der Waals surface area (Å²) in [6.07, 6.45) is 5.98. The van der Waals surface area contributed by atoms with Gasteiger partial charge in [0.2, 0.25) is 0 Å². The molecule has 2 fully saturated rings. The molecule has 2 aliphatic rings. The van der Waals surface area contributed by atoms with E-state index in [1.54, 1.807) is 0 Å². The van der Waals surface area contributed by atoms with Gasteiger partial charge in [-0.3, -0.25) is 4.79 Å². The molecule has 0 aliphatic heterocycles. The van der Waals surface area contributed by atoms with Crippen LogP contribution < -0.4 is 0 Å². The van der Waals surface area contributed by atoms with Crippen LogP contribution in [0.15, 0.2) is 0 Å². The van der Waals surface area contributed by atoms with Crippen molar-refractivity contribution in [3.8, 4) is 0 Å². The molecule has 2 atom stereocenters. The van der Waals surface area contributed by atoms with Gasteiger partial charge in [0.1, 0.15) is 6.61 Å². The molecule has 2 rings (SSSR count). The smallest absolute Gasteiger partial charge is 0.311 e. The summed E-state index contributed by atoms with van der Waals surface area (Å²) in [5.74, 6) is 2.95. The molecule has 3 heteroatoms. The Bertz CT molecular complexity index is 272. The summed E-state index contributed by atoms with van der Waals surface area (Å²) in [6.45, 7) is 4.90. The number of esters is 1. The Hall–Kier alpha value is -0.180. The van der Waals surface area contributed by atoms with Crippen LogP contribution >= 0.6 is 12.6 Å². The minimum atomic E-state index is -0.226. The molecule has 2 saturated carbocycles. The first kappa shape index (κ1) is 13.3. The van der Waals surface area contributed by atoms with Gasteiger partial charge in [-0.05, 0) is 56.8 Å². The molecule has 98 valence electrons. The van der Waals surface area contributed by atoms with Crippen LogP contribution in [0.3, 0.4) is 0 Å². The summed E-state index contributed by atoms with van der Waals surface area (Å²) < 4.78 is 5.31. The number of carbonyl (C=O) groups excluding carboxylic acids is 1. The Morgan fingerprint density at radius 2 is 1.88 bits per heavy atom. The van der Waals surface area contributed by atoms with E-state index >= 15 is 0 Å². The number of thiol groups is 1. The molecule has 2 nitrogen and oxygen atoms in total. The van der Waals surface area contributed by atoms with Crippen LogP contribution in [0.4, 0.5) is 0 Å². The Balaban J connectivity index is 1.99. The Morgan fingerprint density at radius 3 is 2.41 bits per heavy atom. The van der Waals surface area contributed by atoms with Gasteiger partial charge in [-0.25, -0.2) is 0 Å². The fraction of sp³-hybridized carbons (Fsp3) is 0.929. The van der Waals surface area contributed by atoms with Crippen LogP contribution in [-0.2, 0) is 9.53 Å².